The maximum atomic E-state index is 12.3. The number of benzene rings is 1. The Hall–Kier alpha value is -0.910. The van der Waals surface area contributed by atoms with Crippen molar-refractivity contribution >= 4 is 40.0 Å². The highest BCUT2D eigenvalue weighted by molar-refractivity contribution is 7.81. The van der Waals surface area contributed by atoms with Gasteiger partial charge in [0.05, 0.1) is 26.5 Å². The van der Waals surface area contributed by atoms with Crippen LogP contribution in [0.2, 0.25) is 0 Å². The molecule has 1 heterocycles. The van der Waals surface area contributed by atoms with E-state index in [9.17, 15) is 4.79 Å². The van der Waals surface area contributed by atoms with Gasteiger partial charge in [0.15, 0.2) is 5.78 Å². The Labute approximate surface area is 123 Å². The smallest absolute Gasteiger partial charge is 0.166 e. The molecule has 0 saturated carbocycles. The fourth-order valence-corrected chi connectivity index (χ4v) is 3.12. The molecule has 0 spiro atoms. The van der Waals surface area contributed by atoms with Crippen LogP contribution in [-0.4, -0.2) is 35.0 Å². The fourth-order valence-electron chi connectivity index (χ4n) is 2.18. The summed E-state index contributed by atoms with van der Waals surface area (Å²) in [6.45, 7) is 3.81. The van der Waals surface area contributed by atoms with E-state index in [0.29, 0.717) is 0 Å². The standard InChI is InChI=1S/C14H18N2OS2/c1-8(18)14(17)13(16(3)4)10-5-6-12-11(7-10)15-9(2)19-12/h5-8,13,18H,1-4H3. The molecule has 102 valence electrons. The molecular formula is C14H18N2OS2. The molecule has 0 radical (unpaired) electrons. The molecule has 0 bridgehead atoms. The summed E-state index contributed by atoms with van der Waals surface area (Å²) in [5, 5.41) is 0.766. The lowest BCUT2D eigenvalue weighted by Crippen LogP contribution is -2.31. The summed E-state index contributed by atoms with van der Waals surface area (Å²) < 4.78 is 1.16. The minimum Gasteiger partial charge on any atom is -0.296 e. The molecule has 3 nitrogen and oxygen atoms in total. The zero-order chi connectivity index (χ0) is 14.2. The van der Waals surface area contributed by atoms with Crippen LogP contribution in [0.15, 0.2) is 18.2 Å². The maximum absolute atomic E-state index is 12.3. The van der Waals surface area contributed by atoms with Crippen LogP contribution >= 0.6 is 24.0 Å². The summed E-state index contributed by atoms with van der Waals surface area (Å²) in [5.41, 5.74) is 1.94. The average Bonchev–Trinajstić information content (AvgIpc) is 2.67. The first-order valence-electron chi connectivity index (χ1n) is 6.15. The van der Waals surface area contributed by atoms with Crippen molar-refractivity contribution in [2.24, 2.45) is 0 Å². The summed E-state index contributed by atoms with van der Waals surface area (Å²) in [4.78, 5) is 18.7. The predicted molar refractivity (Wildman–Crippen MR) is 84.2 cm³/mol. The van der Waals surface area contributed by atoms with Crippen LogP contribution in [0, 0.1) is 6.92 Å². The number of likely N-dealkylation sites (N-methyl/N-ethyl adjacent to an activating group) is 1. The molecule has 0 aliphatic heterocycles. The highest BCUT2D eigenvalue weighted by Crippen LogP contribution is 2.28. The van der Waals surface area contributed by atoms with Crippen LogP contribution in [0.5, 0.6) is 0 Å². The van der Waals surface area contributed by atoms with Gasteiger partial charge in [-0.1, -0.05) is 6.07 Å². The molecule has 0 aliphatic carbocycles. The molecule has 1 aromatic carbocycles. The Balaban J connectivity index is 2.47. The van der Waals surface area contributed by atoms with E-state index in [4.69, 9.17) is 0 Å². The van der Waals surface area contributed by atoms with Gasteiger partial charge in [-0.25, -0.2) is 4.98 Å². The Kier molecular flexibility index (Phi) is 4.28. The van der Waals surface area contributed by atoms with Gasteiger partial charge in [-0.15, -0.1) is 11.3 Å². The number of carbonyl (C=O) groups excluding carboxylic acids is 1. The van der Waals surface area contributed by atoms with Crippen LogP contribution < -0.4 is 0 Å². The van der Waals surface area contributed by atoms with Gasteiger partial charge in [-0.05, 0) is 45.6 Å². The number of ketones is 1. The zero-order valence-electron chi connectivity index (χ0n) is 11.5. The highest BCUT2D eigenvalue weighted by Gasteiger charge is 2.25. The third-order valence-corrected chi connectivity index (χ3v) is 4.24. The first kappa shape index (κ1) is 14.5. The lowest BCUT2D eigenvalue weighted by atomic mass is 9.99. The first-order chi connectivity index (χ1) is 8.90. The van der Waals surface area contributed by atoms with E-state index in [0.717, 1.165) is 20.8 Å². The van der Waals surface area contributed by atoms with E-state index in [1.165, 1.54) is 0 Å². The second-order valence-corrected chi connectivity index (χ2v) is 6.91. The Bertz CT molecular complexity index is 605. The molecule has 0 fully saturated rings. The van der Waals surface area contributed by atoms with Crippen LogP contribution in [0.3, 0.4) is 0 Å². The van der Waals surface area contributed by atoms with Gasteiger partial charge in [0.25, 0.3) is 0 Å². The SMILES string of the molecule is Cc1nc2cc(C(C(=O)C(C)S)N(C)C)ccc2s1. The highest BCUT2D eigenvalue weighted by atomic mass is 32.1. The number of fused-ring (bicyclic) bond motifs is 1. The molecule has 2 atom stereocenters. The van der Waals surface area contributed by atoms with E-state index in [-0.39, 0.29) is 17.1 Å². The monoisotopic (exact) mass is 294 g/mol. The molecule has 1 aromatic heterocycles. The molecular weight excluding hydrogens is 276 g/mol. The van der Waals surface area contributed by atoms with Gasteiger partial charge >= 0.3 is 0 Å². The normalized spacial score (nSPS) is 14.8. The van der Waals surface area contributed by atoms with Gasteiger partial charge < -0.3 is 0 Å². The number of carbonyl (C=O) groups is 1. The molecule has 0 aliphatic rings. The van der Waals surface area contributed by atoms with Gasteiger partial charge in [-0.3, -0.25) is 9.69 Å². The van der Waals surface area contributed by atoms with E-state index in [2.05, 4.69) is 17.6 Å². The van der Waals surface area contributed by atoms with Gasteiger partial charge in [0.2, 0.25) is 0 Å². The van der Waals surface area contributed by atoms with Gasteiger partial charge in [0, 0.05) is 0 Å². The lowest BCUT2D eigenvalue weighted by Gasteiger charge is -2.24. The van der Waals surface area contributed by atoms with E-state index >= 15 is 0 Å². The largest absolute Gasteiger partial charge is 0.296 e. The summed E-state index contributed by atoms with van der Waals surface area (Å²) in [5.74, 6) is 0.111. The number of thiol groups is 1. The minimum absolute atomic E-state index is 0.111. The van der Waals surface area contributed by atoms with Gasteiger partial charge in [0.1, 0.15) is 0 Å². The number of hydrogen-bond donors (Lipinski definition) is 1. The van der Waals surface area contributed by atoms with Crippen molar-refractivity contribution in [3.05, 3.63) is 28.8 Å². The van der Waals surface area contributed by atoms with Crippen LogP contribution in [0.1, 0.15) is 23.5 Å². The van der Waals surface area contributed by atoms with Crippen molar-refractivity contribution in [2.75, 3.05) is 14.1 Å². The molecule has 5 heteroatoms. The summed E-state index contributed by atoms with van der Waals surface area (Å²) in [6, 6.07) is 5.80. The number of rotatable bonds is 4. The third kappa shape index (κ3) is 2.99. The zero-order valence-corrected chi connectivity index (χ0v) is 13.3. The van der Waals surface area contributed by atoms with Crippen molar-refractivity contribution in [3.63, 3.8) is 0 Å². The van der Waals surface area contributed by atoms with Crippen molar-refractivity contribution in [1.82, 2.24) is 9.88 Å². The minimum atomic E-state index is -0.278. The number of nitrogens with zero attached hydrogens (tertiary/aromatic N) is 2. The maximum Gasteiger partial charge on any atom is 0.166 e. The van der Waals surface area contributed by atoms with E-state index in [1.807, 2.05) is 51.0 Å². The summed E-state index contributed by atoms with van der Waals surface area (Å²) >= 11 is 5.94. The second kappa shape index (κ2) is 5.61. The molecule has 0 saturated heterocycles. The quantitative estimate of drug-likeness (QED) is 0.880. The Morgan fingerprint density at radius 2 is 2.11 bits per heavy atom. The Morgan fingerprint density at radius 3 is 2.68 bits per heavy atom. The number of aromatic nitrogens is 1. The fraction of sp³-hybridized carbons (Fsp3) is 0.429. The molecule has 2 aromatic rings. The number of thiazole rings is 1. The van der Waals surface area contributed by atoms with Crippen molar-refractivity contribution in [3.8, 4) is 0 Å². The van der Waals surface area contributed by atoms with Gasteiger partial charge in [-0.2, -0.15) is 12.6 Å². The number of aryl methyl sites for hydroxylation is 1. The van der Waals surface area contributed by atoms with Crippen molar-refractivity contribution in [2.45, 2.75) is 25.1 Å². The first-order valence-corrected chi connectivity index (χ1v) is 7.48. The van der Waals surface area contributed by atoms with E-state index in [1.54, 1.807) is 11.3 Å². The van der Waals surface area contributed by atoms with Crippen molar-refractivity contribution in [1.29, 1.82) is 0 Å². The van der Waals surface area contributed by atoms with Crippen molar-refractivity contribution < 1.29 is 4.79 Å². The molecule has 2 rings (SSSR count). The average molecular weight is 294 g/mol. The summed E-state index contributed by atoms with van der Waals surface area (Å²) in [6.07, 6.45) is 0. The van der Waals surface area contributed by atoms with Crippen LogP contribution in [0.4, 0.5) is 0 Å². The predicted octanol–water partition coefficient (Wildman–Crippen LogP) is 3.09. The van der Waals surface area contributed by atoms with E-state index < -0.39 is 0 Å². The third-order valence-electron chi connectivity index (χ3n) is 3.03. The Morgan fingerprint density at radius 1 is 1.42 bits per heavy atom. The molecule has 0 amide bonds. The number of Topliss-reactive ketones (excluding diaryl/α,β-unsaturated/α-hetero) is 1. The molecule has 19 heavy (non-hydrogen) atoms. The van der Waals surface area contributed by atoms with Crippen LogP contribution in [-0.2, 0) is 4.79 Å². The number of hydrogen-bond acceptors (Lipinski definition) is 5. The molecule has 2 unspecified atom stereocenters. The summed E-state index contributed by atoms with van der Waals surface area (Å²) in [7, 11) is 3.82. The topological polar surface area (TPSA) is 33.2 Å². The lowest BCUT2D eigenvalue weighted by molar-refractivity contribution is -0.122. The van der Waals surface area contributed by atoms with Crippen LogP contribution in [0.25, 0.3) is 10.2 Å². The molecule has 0 N–H and O–H groups in total. The second-order valence-electron chi connectivity index (χ2n) is 4.90.